The molecule has 0 aromatic heterocycles. The van der Waals surface area contributed by atoms with Crippen LogP contribution in [0, 0.1) is 0 Å². The summed E-state index contributed by atoms with van der Waals surface area (Å²) in [6.45, 7) is 6.19. The minimum Gasteiger partial charge on any atom is -0.390 e. The maximum atomic E-state index is 12.3. The number of aliphatic hydroxyl groups excluding tert-OH is 1. The monoisotopic (exact) mass is 316 g/mol. The summed E-state index contributed by atoms with van der Waals surface area (Å²) in [7, 11) is -3.25. The summed E-state index contributed by atoms with van der Waals surface area (Å²) in [5.41, 5.74) is 1.02. The molecular formula is C15H25O5P. The average Bonchev–Trinajstić information content (AvgIpc) is 2.46. The summed E-state index contributed by atoms with van der Waals surface area (Å²) in [5, 5.41) is 10.1. The van der Waals surface area contributed by atoms with Crippen LogP contribution in [0.15, 0.2) is 30.3 Å². The highest BCUT2D eigenvalue weighted by atomic mass is 31.2. The Balaban J connectivity index is 2.49. The lowest BCUT2D eigenvalue weighted by Gasteiger charge is -2.24. The van der Waals surface area contributed by atoms with Crippen LogP contribution >= 0.6 is 7.60 Å². The van der Waals surface area contributed by atoms with Crippen molar-refractivity contribution in [1.82, 2.24) is 0 Å². The zero-order valence-electron chi connectivity index (χ0n) is 12.9. The molecule has 0 heterocycles. The summed E-state index contributed by atoms with van der Waals surface area (Å²) in [5.74, 6) is 0. The van der Waals surface area contributed by atoms with Gasteiger partial charge in [-0.2, -0.15) is 0 Å². The minimum absolute atomic E-state index is 0.0648. The fourth-order valence-electron chi connectivity index (χ4n) is 1.83. The summed E-state index contributed by atoms with van der Waals surface area (Å²) in [6.07, 6.45) is -1.43. The van der Waals surface area contributed by atoms with Crippen molar-refractivity contribution in [3.05, 3.63) is 35.9 Å². The Morgan fingerprint density at radius 1 is 1.14 bits per heavy atom. The highest BCUT2D eigenvalue weighted by Gasteiger charge is 2.30. The summed E-state index contributed by atoms with van der Waals surface area (Å²) >= 11 is 0. The molecule has 2 unspecified atom stereocenters. The van der Waals surface area contributed by atoms with E-state index in [9.17, 15) is 9.67 Å². The maximum Gasteiger partial charge on any atom is 0.333 e. The number of rotatable bonds is 10. The van der Waals surface area contributed by atoms with E-state index in [1.165, 1.54) is 0 Å². The largest absolute Gasteiger partial charge is 0.390 e. The Bertz CT molecular complexity index is 427. The Morgan fingerprint density at radius 3 is 2.24 bits per heavy atom. The number of hydrogen-bond donors (Lipinski definition) is 1. The van der Waals surface area contributed by atoms with Gasteiger partial charge in [-0.25, -0.2) is 0 Å². The van der Waals surface area contributed by atoms with Gasteiger partial charge in [-0.1, -0.05) is 30.3 Å². The van der Waals surface area contributed by atoms with Crippen molar-refractivity contribution in [3.8, 4) is 0 Å². The first-order valence-electron chi connectivity index (χ1n) is 7.22. The van der Waals surface area contributed by atoms with Crippen LogP contribution in [-0.4, -0.2) is 36.7 Å². The van der Waals surface area contributed by atoms with E-state index in [0.717, 1.165) is 5.56 Å². The van der Waals surface area contributed by atoms with Crippen LogP contribution < -0.4 is 0 Å². The first-order chi connectivity index (χ1) is 10.0. The van der Waals surface area contributed by atoms with Gasteiger partial charge in [-0.15, -0.1) is 0 Å². The molecule has 1 rings (SSSR count). The zero-order chi connectivity index (χ0) is 15.7. The minimum atomic E-state index is -3.25. The van der Waals surface area contributed by atoms with E-state index in [2.05, 4.69) is 0 Å². The second kappa shape index (κ2) is 9.34. The molecule has 1 aromatic carbocycles. The van der Waals surface area contributed by atoms with Crippen molar-refractivity contribution in [1.29, 1.82) is 0 Å². The molecule has 0 aliphatic heterocycles. The SMILES string of the molecule is CCOP(=O)(CC(O)C(C)OCc1ccccc1)OCC. The lowest BCUT2D eigenvalue weighted by atomic mass is 10.2. The molecule has 21 heavy (non-hydrogen) atoms. The molecule has 0 amide bonds. The van der Waals surface area contributed by atoms with Crippen molar-refractivity contribution in [2.24, 2.45) is 0 Å². The van der Waals surface area contributed by atoms with Gasteiger partial charge in [0.15, 0.2) is 0 Å². The van der Waals surface area contributed by atoms with Crippen LogP contribution in [0.2, 0.25) is 0 Å². The molecule has 2 atom stereocenters. The fourth-order valence-corrected chi connectivity index (χ4v) is 3.65. The van der Waals surface area contributed by atoms with Gasteiger partial charge >= 0.3 is 7.60 Å². The molecule has 1 N–H and O–H groups in total. The Labute approximate surface area is 126 Å². The quantitative estimate of drug-likeness (QED) is 0.671. The Morgan fingerprint density at radius 2 is 1.71 bits per heavy atom. The van der Waals surface area contributed by atoms with Crippen LogP contribution in [-0.2, 0) is 25.0 Å². The molecule has 0 bridgehead atoms. The molecule has 120 valence electrons. The highest BCUT2D eigenvalue weighted by molar-refractivity contribution is 7.53. The van der Waals surface area contributed by atoms with Crippen molar-refractivity contribution in [3.63, 3.8) is 0 Å². The zero-order valence-corrected chi connectivity index (χ0v) is 13.8. The molecule has 0 saturated carbocycles. The van der Waals surface area contributed by atoms with Gasteiger partial charge in [0.2, 0.25) is 0 Å². The topological polar surface area (TPSA) is 65.0 Å². The normalized spacial score (nSPS) is 14.9. The molecule has 5 nitrogen and oxygen atoms in total. The third-order valence-electron chi connectivity index (χ3n) is 2.96. The van der Waals surface area contributed by atoms with E-state index in [1.54, 1.807) is 20.8 Å². The number of benzene rings is 1. The maximum absolute atomic E-state index is 12.3. The number of aliphatic hydroxyl groups is 1. The van der Waals surface area contributed by atoms with Crippen molar-refractivity contribution in [2.45, 2.75) is 39.6 Å². The summed E-state index contributed by atoms with van der Waals surface area (Å²) in [6, 6.07) is 9.69. The smallest absolute Gasteiger partial charge is 0.333 e. The van der Waals surface area contributed by atoms with Crippen LogP contribution in [0.25, 0.3) is 0 Å². The first kappa shape index (κ1) is 18.3. The van der Waals surface area contributed by atoms with Crippen molar-refractivity contribution < 1.29 is 23.5 Å². The summed E-state index contributed by atoms with van der Waals surface area (Å²) in [4.78, 5) is 0. The molecule has 0 saturated heterocycles. The second-order valence-electron chi connectivity index (χ2n) is 4.70. The standard InChI is InChI=1S/C15H25O5P/c1-4-19-21(17,20-5-2)12-15(16)13(3)18-11-14-9-7-6-8-10-14/h6-10,13,15-16H,4-5,11-12H2,1-3H3. The predicted octanol–water partition coefficient (Wildman–Crippen LogP) is 3.22. The molecule has 0 spiro atoms. The predicted molar refractivity (Wildman–Crippen MR) is 82.4 cm³/mol. The van der Waals surface area contributed by atoms with Crippen LogP contribution in [0.4, 0.5) is 0 Å². The van der Waals surface area contributed by atoms with E-state index in [1.807, 2.05) is 30.3 Å². The van der Waals surface area contributed by atoms with Gasteiger partial charge < -0.3 is 18.9 Å². The lowest BCUT2D eigenvalue weighted by Crippen LogP contribution is -2.30. The third-order valence-corrected chi connectivity index (χ3v) is 5.08. The first-order valence-corrected chi connectivity index (χ1v) is 8.95. The molecule has 1 aromatic rings. The van der Waals surface area contributed by atoms with Gasteiger partial charge in [-0.3, -0.25) is 4.57 Å². The van der Waals surface area contributed by atoms with E-state index in [-0.39, 0.29) is 19.4 Å². The van der Waals surface area contributed by atoms with Crippen molar-refractivity contribution >= 4 is 7.60 Å². The van der Waals surface area contributed by atoms with Crippen LogP contribution in [0.3, 0.4) is 0 Å². The molecular weight excluding hydrogens is 291 g/mol. The van der Waals surface area contributed by atoms with Crippen LogP contribution in [0.5, 0.6) is 0 Å². The van der Waals surface area contributed by atoms with E-state index in [0.29, 0.717) is 6.61 Å². The van der Waals surface area contributed by atoms with Gasteiger partial charge in [0, 0.05) is 0 Å². The van der Waals surface area contributed by atoms with E-state index < -0.39 is 19.8 Å². The lowest BCUT2D eigenvalue weighted by molar-refractivity contribution is -0.0277. The van der Waals surface area contributed by atoms with Gasteiger partial charge in [0.1, 0.15) is 0 Å². The average molecular weight is 316 g/mol. The summed E-state index contributed by atoms with van der Waals surface area (Å²) < 4.78 is 28.3. The second-order valence-corrected chi connectivity index (χ2v) is 6.80. The molecule has 0 fully saturated rings. The molecule has 0 aliphatic carbocycles. The van der Waals surface area contributed by atoms with Gasteiger partial charge in [-0.05, 0) is 26.3 Å². The van der Waals surface area contributed by atoms with Gasteiger partial charge in [0.25, 0.3) is 0 Å². The van der Waals surface area contributed by atoms with Gasteiger partial charge in [0.05, 0.1) is 38.2 Å². The Hall–Kier alpha value is -0.710. The Kier molecular flexibility index (Phi) is 8.15. The van der Waals surface area contributed by atoms with E-state index in [4.69, 9.17) is 13.8 Å². The number of ether oxygens (including phenoxy) is 1. The van der Waals surface area contributed by atoms with E-state index >= 15 is 0 Å². The third kappa shape index (κ3) is 6.72. The van der Waals surface area contributed by atoms with Crippen molar-refractivity contribution in [2.75, 3.05) is 19.4 Å². The highest BCUT2D eigenvalue weighted by Crippen LogP contribution is 2.48. The molecule has 6 heteroatoms. The fraction of sp³-hybridized carbons (Fsp3) is 0.600. The number of hydrogen-bond acceptors (Lipinski definition) is 5. The molecule has 0 radical (unpaired) electrons. The van der Waals surface area contributed by atoms with Crippen LogP contribution in [0.1, 0.15) is 26.3 Å². The molecule has 0 aliphatic rings.